The molecule has 1 atom stereocenters. The summed E-state index contributed by atoms with van der Waals surface area (Å²) in [6.07, 6.45) is 1.27. The number of hydrogen-bond acceptors (Lipinski definition) is 6. The van der Waals surface area contributed by atoms with Gasteiger partial charge in [0.25, 0.3) is 11.8 Å². The lowest BCUT2D eigenvalue weighted by atomic mass is 10.1. The Bertz CT molecular complexity index is 889. The number of likely N-dealkylation sites (N-methyl/N-ethyl adjacent to an activating group) is 1. The van der Waals surface area contributed by atoms with Crippen LogP contribution in [0.3, 0.4) is 0 Å². The van der Waals surface area contributed by atoms with Crippen molar-refractivity contribution in [2.75, 3.05) is 30.0 Å². The smallest absolute Gasteiger partial charge is 0.265 e. The summed E-state index contributed by atoms with van der Waals surface area (Å²) < 4.78 is 10.9. The maximum Gasteiger partial charge on any atom is 0.265 e. The summed E-state index contributed by atoms with van der Waals surface area (Å²) in [6, 6.07) is 5.71. The normalized spacial score (nSPS) is 19.0. The van der Waals surface area contributed by atoms with E-state index in [1.54, 1.807) is 4.90 Å². The molecule has 0 saturated carbocycles. The van der Waals surface area contributed by atoms with Crippen LogP contribution >= 0.6 is 11.3 Å². The van der Waals surface area contributed by atoms with Crippen molar-refractivity contribution in [1.29, 1.82) is 0 Å². The lowest BCUT2D eigenvalue weighted by molar-refractivity contribution is -0.124. The number of thiazole rings is 1. The van der Waals surface area contributed by atoms with Gasteiger partial charge in [0, 0.05) is 23.6 Å². The van der Waals surface area contributed by atoms with E-state index in [-0.39, 0.29) is 24.5 Å². The number of ether oxygens (including phenoxy) is 2. The first-order valence-electron chi connectivity index (χ1n) is 9.04. The fourth-order valence-corrected chi connectivity index (χ4v) is 4.22. The molecular formula is C19H21N3O4S. The predicted molar refractivity (Wildman–Crippen MR) is 103 cm³/mol. The Morgan fingerprint density at radius 2 is 2.30 bits per heavy atom. The van der Waals surface area contributed by atoms with Crippen molar-refractivity contribution < 1.29 is 19.1 Å². The zero-order chi connectivity index (χ0) is 19.0. The van der Waals surface area contributed by atoms with E-state index < -0.39 is 0 Å². The number of aromatic nitrogens is 1. The van der Waals surface area contributed by atoms with E-state index in [0.717, 1.165) is 34.7 Å². The number of nitrogens with one attached hydrogen (secondary N) is 1. The summed E-state index contributed by atoms with van der Waals surface area (Å²) in [4.78, 5) is 31.6. The van der Waals surface area contributed by atoms with Gasteiger partial charge in [-0.05, 0) is 44.9 Å². The molecule has 1 N–H and O–H groups in total. The van der Waals surface area contributed by atoms with Crippen molar-refractivity contribution in [2.24, 2.45) is 0 Å². The van der Waals surface area contributed by atoms with Crippen LogP contribution in [0.15, 0.2) is 18.2 Å². The topological polar surface area (TPSA) is 80.8 Å². The van der Waals surface area contributed by atoms with Gasteiger partial charge in [-0.2, -0.15) is 0 Å². The minimum Gasteiger partial charge on any atom is -0.482 e. The average Bonchev–Trinajstić information content (AvgIpc) is 3.31. The number of carbonyl (C=O) groups is 2. The summed E-state index contributed by atoms with van der Waals surface area (Å²) in [6.45, 7) is 5.18. The van der Waals surface area contributed by atoms with E-state index in [2.05, 4.69) is 10.3 Å². The summed E-state index contributed by atoms with van der Waals surface area (Å²) in [5.41, 5.74) is 2.43. The number of aryl methyl sites for hydroxylation is 1. The van der Waals surface area contributed by atoms with Crippen molar-refractivity contribution in [3.63, 3.8) is 0 Å². The van der Waals surface area contributed by atoms with Crippen molar-refractivity contribution in [3.05, 3.63) is 23.1 Å². The molecule has 8 heteroatoms. The second kappa shape index (κ2) is 7.28. The molecule has 0 radical (unpaired) electrons. The van der Waals surface area contributed by atoms with Crippen molar-refractivity contribution in [1.82, 2.24) is 4.98 Å². The highest BCUT2D eigenvalue weighted by atomic mass is 32.1. The van der Waals surface area contributed by atoms with Crippen LogP contribution in [0.4, 0.5) is 10.8 Å². The Hall–Kier alpha value is -2.45. The van der Waals surface area contributed by atoms with Crippen LogP contribution in [0.5, 0.6) is 5.75 Å². The van der Waals surface area contributed by atoms with Crippen LogP contribution in [0.2, 0.25) is 0 Å². The predicted octanol–water partition coefficient (Wildman–Crippen LogP) is 2.98. The number of carbonyl (C=O) groups excluding carboxylic acids is 2. The largest absolute Gasteiger partial charge is 0.482 e. The van der Waals surface area contributed by atoms with Gasteiger partial charge in [-0.15, -0.1) is 11.3 Å². The van der Waals surface area contributed by atoms with Gasteiger partial charge in [-0.25, -0.2) is 4.98 Å². The van der Waals surface area contributed by atoms with Crippen LogP contribution in [0.25, 0.3) is 11.3 Å². The molecule has 7 nitrogen and oxygen atoms in total. The maximum absolute atomic E-state index is 12.3. The highest BCUT2D eigenvalue weighted by Crippen LogP contribution is 2.38. The van der Waals surface area contributed by atoms with E-state index in [9.17, 15) is 9.59 Å². The van der Waals surface area contributed by atoms with Crippen LogP contribution in [0.1, 0.15) is 24.6 Å². The number of hydrogen-bond donors (Lipinski definition) is 1. The number of benzene rings is 1. The quantitative estimate of drug-likeness (QED) is 0.872. The highest BCUT2D eigenvalue weighted by molar-refractivity contribution is 7.16. The Morgan fingerprint density at radius 3 is 3.04 bits per heavy atom. The molecule has 0 bridgehead atoms. The molecule has 1 fully saturated rings. The second-order valence-electron chi connectivity index (χ2n) is 6.52. The zero-order valence-corrected chi connectivity index (χ0v) is 16.1. The molecule has 2 aliphatic heterocycles. The van der Waals surface area contributed by atoms with E-state index in [0.29, 0.717) is 24.0 Å². The van der Waals surface area contributed by atoms with Gasteiger partial charge in [0.2, 0.25) is 0 Å². The summed E-state index contributed by atoms with van der Waals surface area (Å²) >= 11 is 1.43. The number of anilines is 2. The van der Waals surface area contributed by atoms with E-state index in [4.69, 9.17) is 9.47 Å². The average molecular weight is 387 g/mol. The molecule has 27 heavy (non-hydrogen) atoms. The molecule has 1 aromatic heterocycles. The monoisotopic (exact) mass is 387 g/mol. The van der Waals surface area contributed by atoms with Crippen LogP contribution in [-0.4, -0.2) is 42.7 Å². The maximum atomic E-state index is 12.3. The van der Waals surface area contributed by atoms with Crippen LogP contribution in [0, 0.1) is 6.92 Å². The molecule has 0 spiro atoms. The SMILES string of the molecule is CCN1C(=O)COc2ccc(-c3nc(NC(=O)[C@@H]4CCCO4)sc3C)cc21. The molecule has 2 amide bonds. The molecule has 2 aliphatic rings. The van der Waals surface area contributed by atoms with Gasteiger partial charge in [-0.3, -0.25) is 14.9 Å². The van der Waals surface area contributed by atoms with Crippen molar-refractivity contribution in [2.45, 2.75) is 32.8 Å². The summed E-state index contributed by atoms with van der Waals surface area (Å²) in [5.74, 6) is 0.496. The van der Waals surface area contributed by atoms with E-state index in [1.807, 2.05) is 32.0 Å². The van der Waals surface area contributed by atoms with Crippen molar-refractivity contribution >= 4 is 34.0 Å². The first-order valence-corrected chi connectivity index (χ1v) is 9.86. The van der Waals surface area contributed by atoms with Gasteiger partial charge >= 0.3 is 0 Å². The minimum absolute atomic E-state index is 0.0540. The molecule has 1 saturated heterocycles. The number of fused-ring (bicyclic) bond motifs is 1. The third kappa shape index (κ3) is 3.42. The Kier molecular flexibility index (Phi) is 4.84. The fourth-order valence-electron chi connectivity index (χ4n) is 3.38. The Morgan fingerprint density at radius 1 is 1.44 bits per heavy atom. The lowest BCUT2D eigenvalue weighted by Crippen LogP contribution is -2.38. The van der Waals surface area contributed by atoms with Crippen LogP contribution < -0.4 is 15.0 Å². The highest BCUT2D eigenvalue weighted by Gasteiger charge is 2.26. The van der Waals surface area contributed by atoms with Gasteiger partial charge in [0.1, 0.15) is 11.9 Å². The van der Waals surface area contributed by atoms with Crippen LogP contribution in [-0.2, 0) is 14.3 Å². The number of rotatable bonds is 4. The summed E-state index contributed by atoms with van der Waals surface area (Å²) in [5, 5.41) is 3.41. The van der Waals surface area contributed by atoms with Gasteiger partial charge in [-0.1, -0.05) is 0 Å². The Balaban J connectivity index is 1.60. The first kappa shape index (κ1) is 17.9. The first-order chi connectivity index (χ1) is 13.1. The van der Waals surface area contributed by atoms with E-state index in [1.165, 1.54) is 11.3 Å². The minimum atomic E-state index is -0.386. The fraction of sp³-hybridized carbons (Fsp3) is 0.421. The van der Waals surface area contributed by atoms with Gasteiger partial charge in [0.15, 0.2) is 11.7 Å². The lowest BCUT2D eigenvalue weighted by Gasteiger charge is -2.28. The Labute approximate surface area is 161 Å². The summed E-state index contributed by atoms with van der Waals surface area (Å²) in [7, 11) is 0. The molecule has 0 aliphatic carbocycles. The molecular weight excluding hydrogens is 366 g/mol. The number of amides is 2. The van der Waals surface area contributed by atoms with E-state index >= 15 is 0 Å². The third-order valence-corrected chi connectivity index (χ3v) is 5.63. The van der Waals surface area contributed by atoms with Gasteiger partial charge in [0.05, 0.1) is 11.4 Å². The zero-order valence-electron chi connectivity index (χ0n) is 15.3. The second-order valence-corrected chi connectivity index (χ2v) is 7.73. The van der Waals surface area contributed by atoms with Gasteiger partial charge < -0.3 is 14.4 Å². The third-order valence-electron chi connectivity index (χ3n) is 4.74. The molecule has 4 rings (SSSR count). The molecule has 142 valence electrons. The van der Waals surface area contributed by atoms with Crippen molar-refractivity contribution in [3.8, 4) is 17.0 Å². The molecule has 1 aromatic carbocycles. The molecule has 0 unspecified atom stereocenters. The standard InChI is InChI=1S/C19H21N3O4S/c1-3-22-13-9-12(6-7-14(13)26-10-16(22)23)17-11(2)27-19(20-17)21-18(24)15-5-4-8-25-15/h6-7,9,15H,3-5,8,10H2,1-2H3,(H,20,21,24)/t15-/m0/s1. The number of nitrogens with zero attached hydrogens (tertiary/aromatic N) is 2. The molecule has 3 heterocycles. The molecule has 2 aromatic rings.